The smallest absolute Gasteiger partial charge is 0.331 e. The van der Waals surface area contributed by atoms with E-state index >= 15 is 0 Å². The summed E-state index contributed by atoms with van der Waals surface area (Å²) >= 11 is 0. The molecule has 3 heteroatoms. The van der Waals surface area contributed by atoms with Gasteiger partial charge in [-0.1, -0.05) is 0 Å². The van der Waals surface area contributed by atoms with Crippen LogP contribution in [0.2, 0.25) is 0 Å². The molecule has 9 heavy (non-hydrogen) atoms. The van der Waals surface area contributed by atoms with Crippen molar-refractivity contribution >= 4 is 5.97 Å². The molecule has 0 aromatic carbocycles. The molecular formula is C6H8O3. The Kier molecular flexibility index (Phi) is 1.53. The molecular weight excluding hydrogens is 120 g/mol. The highest BCUT2D eigenvalue weighted by atomic mass is 16.4. The van der Waals surface area contributed by atoms with Gasteiger partial charge in [0, 0.05) is 5.57 Å². The lowest BCUT2D eigenvalue weighted by Crippen LogP contribution is -1.96. The van der Waals surface area contributed by atoms with E-state index in [2.05, 4.69) is 0 Å². The van der Waals surface area contributed by atoms with Gasteiger partial charge in [0.2, 0.25) is 0 Å². The fourth-order valence-electron chi connectivity index (χ4n) is 0.881. The normalized spacial score (nSPS) is 25.9. The van der Waals surface area contributed by atoms with Crippen molar-refractivity contribution in [1.82, 2.24) is 0 Å². The molecule has 0 bridgehead atoms. The first-order chi connectivity index (χ1) is 4.20. The Bertz CT molecular complexity index is 160. The number of carbonyl (C=O) groups is 1. The molecule has 0 radical (unpaired) electrons. The van der Waals surface area contributed by atoms with Crippen LogP contribution < -0.4 is 0 Å². The molecule has 1 aliphatic carbocycles. The summed E-state index contributed by atoms with van der Waals surface area (Å²) in [6.07, 6.45) is 1.91. The topological polar surface area (TPSA) is 57.5 Å². The van der Waals surface area contributed by atoms with E-state index in [-0.39, 0.29) is 0 Å². The van der Waals surface area contributed by atoms with Gasteiger partial charge in [-0.25, -0.2) is 4.79 Å². The molecule has 1 rings (SSSR count). The first kappa shape index (κ1) is 6.29. The zero-order valence-electron chi connectivity index (χ0n) is 4.87. The van der Waals surface area contributed by atoms with Crippen LogP contribution in [0.3, 0.4) is 0 Å². The second kappa shape index (κ2) is 2.19. The third kappa shape index (κ3) is 1.29. The lowest BCUT2D eigenvalue weighted by atomic mass is 10.2. The summed E-state index contributed by atoms with van der Waals surface area (Å²) in [6.45, 7) is 0. The first-order valence-corrected chi connectivity index (χ1v) is 2.82. The maximum absolute atomic E-state index is 10.2. The largest absolute Gasteiger partial charge is 0.478 e. The number of hydrogen-bond donors (Lipinski definition) is 2. The number of aliphatic hydroxyl groups excluding tert-OH is 1. The van der Waals surface area contributed by atoms with Crippen molar-refractivity contribution in [3.8, 4) is 0 Å². The quantitative estimate of drug-likeness (QED) is 0.528. The summed E-state index contributed by atoms with van der Waals surface area (Å²) in [4.78, 5) is 10.2. The molecule has 50 valence electrons. The summed E-state index contributed by atoms with van der Waals surface area (Å²) in [6, 6.07) is 0. The first-order valence-electron chi connectivity index (χ1n) is 2.82. The second-order valence-electron chi connectivity index (χ2n) is 2.10. The Balaban J connectivity index is 2.62. The molecule has 0 saturated carbocycles. The maximum Gasteiger partial charge on any atom is 0.331 e. The third-order valence-corrected chi connectivity index (χ3v) is 1.38. The highest BCUT2D eigenvalue weighted by molar-refractivity contribution is 5.87. The molecule has 0 unspecified atom stereocenters. The van der Waals surface area contributed by atoms with E-state index in [1.54, 1.807) is 0 Å². The van der Waals surface area contributed by atoms with Gasteiger partial charge in [0.1, 0.15) is 0 Å². The summed E-state index contributed by atoms with van der Waals surface area (Å²) in [5.74, 6) is -0.911. The van der Waals surface area contributed by atoms with E-state index in [1.165, 1.54) is 6.08 Å². The zero-order valence-corrected chi connectivity index (χ0v) is 4.87. The molecule has 0 aromatic rings. The summed E-state index contributed by atoms with van der Waals surface area (Å²) in [5.41, 5.74) is 0.336. The van der Waals surface area contributed by atoms with E-state index in [1.807, 2.05) is 0 Å². The number of aliphatic carboxylic acids is 1. The van der Waals surface area contributed by atoms with Crippen LogP contribution in [0.15, 0.2) is 11.6 Å². The molecule has 0 aliphatic heterocycles. The molecule has 0 saturated heterocycles. The van der Waals surface area contributed by atoms with E-state index in [9.17, 15) is 4.79 Å². The SMILES string of the molecule is O=C(O)C1=C[C@H](O)CC1. The van der Waals surface area contributed by atoms with E-state index in [0.717, 1.165) is 0 Å². The summed E-state index contributed by atoms with van der Waals surface area (Å²) in [5, 5.41) is 17.2. The van der Waals surface area contributed by atoms with Crippen LogP contribution in [-0.4, -0.2) is 22.3 Å². The molecule has 0 spiro atoms. The van der Waals surface area contributed by atoms with Crippen LogP contribution in [-0.2, 0) is 4.79 Å². The highest BCUT2D eigenvalue weighted by Gasteiger charge is 2.17. The monoisotopic (exact) mass is 128 g/mol. The van der Waals surface area contributed by atoms with E-state index in [4.69, 9.17) is 10.2 Å². The number of hydrogen-bond acceptors (Lipinski definition) is 2. The van der Waals surface area contributed by atoms with Crippen molar-refractivity contribution in [1.29, 1.82) is 0 Å². The predicted molar refractivity (Wildman–Crippen MR) is 31.0 cm³/mol. The van der Waals surface area contributed by atoms with Gasteiger partial charge in [-0.2, -0.15) is 0 Å². The Labute approximate surface area is 52.6 Å². The molecule has 1 aliphatic rings. The number of carboxylic acids is 1. The maximum atomic E-state index is 10.2. The van der Waals surface area contributed by atoms with Crippen molar-refractivity contribution in [2.45, 2.75) is 18.9 Å². The standard InChI is InChI=1S/C6H8O3/c7-5-2-1-4(3-5)6(8)9/h3,5,7H,1-2H2,(H,8,9)/t5-/m1/s1. The van der Waals surface area contributed by atoms with Crippen LogP contribution in [0.25, 0.3) is 0 Å². The fourth-order valence-corrected chi connectivity index (χ4v) is 0.881. The van der Waals surface area contributed by atoms with Gasteiger partial charge in [0.25, 0.3) is 0 Å². The fraction of sp³-hybridized carbons (Fsp3) is 0.500. The third-order valence-electron chi connectivity index (χ3n) is 1.38. The molecule has 0 fully saturated rings. The molecule has 0 amide bonds. The Morgan fingerprint density at radius 3 is 2.67 bits per heavy atom. The predicted octanol–water partition coefficient (Wildman–Crippen LogP) is 0.152. The minimum atomic E-state index is -0.911. The molecule has 0 aromatic heterocycles. The van der Waals surface area contributed by atoms with Crippen LogP contribution in [0, 0.1) is 0 Å². The van der Waals surface area contributed by atoms with Crippen LogP contribution >= 0.6 is 0 Å². The van der Waals surface area contributed by atoms with E-state index < -0.39 is 12.1 Å². The van der Waals surface area contributed by atoms with E-state index in [0.29, 0.717) is 18.4 Å². The van der Waals surface area contributed by atoms with Crippen LogP contribution in [0.1, 0.15) is 12.8 Å². The van der Waals surface area contributed by atoms with Crippen molar-refractivity contribution in [2.75, 3.05) is 0 Å². The van der Waals surface area contributed by atoms with Crippen molar-refractivity contribution < 1.29 is 15.0 Å². The summed E-state index contributed by atoms with van der Waals surface area (Å²) < 4.78 is 0. The van der Waals surface area contributed by atoms with Crippen molar-refractivity contribution in [3.05, 3.63) is 11.6 Å². The number of carboxylic acid groups (broad SMARTS) is 1. The van der Waals surface area contributed by atoms with Crippen molar-refractivity contribution in [3.63, 3.8) is 0 Å². The highest BCUT2D eigenvalue weighted by Crippen LogP contribution is 2.17. The Morgan fingerprint density at radius 1 is 1.78 bits per heavy atom. The van der Waals surface area contributed by atoms with Gasteiger partial charge in [-0.3, -0.25) is 0 Å². The molecule has 2 N–H and O–H groups in total. The molecule has 3 nitrogen and oxygen atoms in total. The van der Waals surface area contributed by atoms with Gasteiger partial charge in [0.15, 0.2) is 0 Å². The lowest BCUT2D eigenvalue weighted by molar-refractivity contribution is -0.132. The van der Waals surface area contributed by atoms with Gasteiger partial charge < -0.3 is 10.2 Å². The Hall–Kier alpha value is -0.830. The molecule has 0 heterocycles. The van der Waals surface area contributed by atoms with Crippen LogP contribution in [0.5, 0.6) is 0 Å². The molecule has 1 atom stereocenters. The van der Waals surface area contributed by atoms with Gasteiger partial charge in [0.05, 0.1) is 6.10 Å². The number of rotatable bonds is 1. The van der Waals surface area contributed by atoms with Gasteiger partial charge in [-0.15, -0.1) is 0 Å². The summed E-state index contributed by atoms with van der Waals surface area (Å²) in [7, 11) is 0. The average Bonchev–Trinajstić information content (AvgIpc) is 2.14. The van der Waals surface area contributed by atoms with Crippen molar-refractivity contribution in [2.24, 2.45) is 0 Å². The van der Waals surface area contributed by atoms with Crippen LogP contribution in [0.4, 0.5) is 0 Å². The number of aliphatic hydroxyl groups is 1. The minimum Gasteiger partial charge on any atom is -0.478 e. The lowest BCUT2D eigenvalue weighted by Gasteiger charge is -1.89. The van der Waals surface area contributed by atoms with Gasteiger partial charge >= 0.3 is 5.97 Å². The van der Waals surface area contributed by atoms with Gasteiger partial charge in [-0.05, 0) is 18.9 Å². The zero-order chi connectivity index (χ0) is 6.85. The average molecular weight is 128 g/mol. The Morgan fingerprint density at radius 2 is 2.44 bits per heavy atom. The minimum absolute atomic E-state index is 0.336. The second-order valence-corrected chi connectivity index (χ2v) is 2.10.